The fourth-order valence-electron chi connectivity index (χ4n) is 3.50. The molecule has 0 aromatic heterocycles. The van der Waals surface area contributed by atoms with Gasteiger partial charge in [0.25, 0.3) is 0 Å². The summed E-state index contributed by atoms with van der Waals surface area (Å²) in [6.45, 7) is 8.84. The fourth-order valence-corrected chi connectivity index (χ4v) is 3.50. The van der Waals surface area contributed by atoms with Crippen LogP contribution < -0.4 is 0 Å². The van der Waals surface area contributed by atoms with Crippen LogP contribution in [-0.2, 0) is 14.3 Å². The Morgan fingerprint density at radius 1 is 0.893 bits per heavy atom. The molecule has 5 nitrogen and oxygen atoms in total. The summed E-state index contributed by atoms with van der Waals surface area (Å²) in [5, 5.41) is 0. The predicted octanol–water partition coefficient (Wildman–Crippen LogP) is 6.24. The van der Waals surface area contributed by atoms with E-state index in [4.69, 9.17) is 9.47 Å². The van der Waals surface area contributed by atoms with Crippen LogP contribution in [-0.4, -0.2) is 41.8 Å². The Kier molecular flexibility index (Phi) is 12.2. The summed E-state index contributed by atoms with van der Waals surface area (Å²) in [4.78, 5) is 25.7. The normalized spacial score (nSPS) is 17.0. The van der Waals surface area contributed by atoms with Crippen LogP contribution in [0.3, 0.4) is 0 Å². The molecular formula is C23H43NO4. The molecule has 0 spiro atoms. The first-order valence-corrected chi connectivity index (χ1v) is 11.5. The summed E-state index contributed by atoms with van der Waals surface area (Å²) in [6.07, 6.45) is 14.6. The molecule has 1 atom stereocenters. The van der Waals surface area contributed by atoms with Gasteiger partial charge >= 0.3 is 12.1 Å². The zero-order valence-electron chi connectivity index (χ0n) is 18.8. The first-order chi connectivity index (χ1) is 13.3. The van der Waals surface area contributed by atoms with E-state index in [9.17, 15) is 9.59 Å². The molecule has 0 aromatic carbocycles. The Hall–Kier alpha value is -1.26. The molecule has 0 N–H and O–H groups in total. The fraction of sp³-hybridized carbons (Fsp3) is 0.913. The van der Waals surface area contributed by atoms with E-state index in [2.05, 4.69) is 6.92 Å². The monoisotopic (exact) mass is 397 g/mol. The molecule has 1 fully saturated rings. The van der Waals surface area contributed by atoms with Gasteiger partial charge in [0.1, 0.15) is 11.7 Å². The van der Waals surface area contributed by atoms with E-state index in [0.717, 1.165) is 12.8 Å². The van der Waals surface area contributed by atoms with E-state index >= 15 is 0 Å². The molecule has 1 aliphatic rings. The smallest absolute Gasteiger partial charge is 0.410 e. The van der Waals surface area contributed by atoms with E-state index < -0.39 is 5.60 Å². The van der Waals surface area contributed by atoms with Crippen LogP contribution in [0.2, 0.25) is 0 Å². The molecule has 5 heteroatoms. The molecule has 1 amide bonds. The number of hydrogen-bond donors (Lipinski definition) is 0. The molecule has 28 heavy (non-hydrogen) atoms. The highest BCUT2D eigenvalue weighted by Gasteiger charge is 2.31. The zero-order valence-corrected chi connectivity index (χ0v) is 18.8. The molecule has 1 unspecified atom stereocenters. The van der Waals surface area contributed by atoms with Gasteiger partial charge in [-0.3, -0.25) is 4.79 Å². The minimum atomic E-state index is -0.499. The molecule has 1 rings (SSSR count). The van der Waals surface area contributed by atoms with Crippen molar-refractivity contribution in [1.29, 1.82) is 0 Å². The Morgan fingerprint density at radius 3 is 1.96 bits per heavy atom. The van der Waals surface area contributed by atoms with Crippen LogP contribution in [0.15, 0.2) is 0 Å². The summed E-state index contributed by atoms with van der Waals surface area (Å²) >= 11 is 0. The molecule has 0 saturated carbocycles. The number of carbonyl (C=O) groups is 2. The lowest BCUT2D eigenvalue weighted by molar-refractivity contribution is -0.148. The minimum Gasteiger partial charge on any atom is -0.460 e. The van der Waals surface area contributed by atoms with Gasteiger partial charge in [-0.1, -0.05) is 71.1 Å². The number of unbranched alkanes of at least 4 members (excludes halogenated alkanes) is 10. The summed E-state index contributed by atoms with van der Waals surface area (Å²) in [7, 11) is 0. The molecule has 1 heterocycles. The lowest BCUT2D eigenvalue weighted by Gasteiger charge is -2.24. The van der Waals surface area contributed by atoms with Crippen LogP contribution >= 0.6 is 0 Å². The maximum atomic E-state index is 12.0. The van der Waals surface area contributed by atoms with Crippen LogP contribution in [0.1, 0.15) is 111 Å². The van der Waals surface area contributed by atoms with Crippen molar-refractivity contribution in [2.24, 2.45) is 0 Å². The molecule has 0 radical (unpaired) electrons. The number of likely N-dealkylation sites (tertiary alicyclic amines) is 1. The summed E-state index contributed by atoms with van der Waals surface area (Å²) in [6, 6.07) is 0. The van der Waals surface area contributed by atoms with Crippen molar-refractivity contribution in [3.05, 3.63) is 0 Å². The van der Waals surface area contributed by atoms with E-state index in [1.54, 1.807) is 4.90 Å². The Labute approximate surface area is 172 Å². The van der Waals surface area contributed by atoms with Crippen molar-refractivity contribution in [3.8, 4) is 0 Å². The molecule has 0 bridgehead atoms. The number of ether oxygens (including phenoxy) is 2. The highest BCUT2D eigenvalue weighted by molar-refractivity contribution is 5.70. The van der Waals surface area contributed by atoms with Gasteiger partial charge in [0.2, 0.25) is 0 Å². The number of amides is 1. The molecule has 0 aromatic rings. The van der Waals surface area contributed by atoms with Gasteiger partial charge in [-0.25, -0.2) is 4.79 Å². The number of nitrogens with zero attached hydrogens (tertiary/aromatic N) is 1. The minimum absolute atomic E-state index is 0.132. The maximum absolute atomic E-state index is 12.0. The number of rotatable bonds is 13. The first-order valence-electron chi connectivity index (χ1n) is 11.5. The van der Waals surface area contributed by atoms with Gasteiger partial charge < -0.3 is 14.4 Å². The predicted molar refractivity (Wildman–Crippen MR) is 113 cm³/mol. The lowest BCUT2D eigenvalue weighted by Crippen LogP contribution is -2.36. The van der Waals surface area contributed by atoms with Gasteiger partial charge in [-0.05, 0) is 27.2 Å². The van der Waals surface area contributed by atoms with E-state index in [-0.39, 0.29) is 18.2 Å². The maximum Gasteiger partial charge on any atom is 0.410 e. The molecule has 164 valence electrons. The van der Waals surface area contributed by atoms with Crippen LogP contribution in [0.4, 0.5) is 4.79 Å². The number of hydrogen-bond acceptors (Lipinski definition) is 4. The Morgan fingerprint density at radius 2 is 1.43 bits per heavy atom. The van der Waals surface area contributed by atoms with E-state index in [1.807, 2.05) is 20.8 Å². The third kappa shape index (κ3) is 12.2. The van der Waals surface area contributed by atoms with Crippen molar-refractivity contribution < 1.29 is 19.1 Å². The molecule has 0 aliphatic carbocycles. The summed E-state index contributed by atoms with van der Waals surface area (Å²) < 4.78 is 10.9. The standard InChI is InChI=1S/C23H43NO4/c1-5-6-7-8-9-10-11-12-13-14-15-16-21(25)27-20-17-18-24(19-20)22(26)28-23(2,3)4/h20H,5-19H2,1-4H3. The summed E-state index contributed by atoms with van der Waals surface area (Å²) in [5.41, 5.74) is -0.499. The second-order valence-corrected chi connectivity index (χ2v) is 9.11. The van der Waals surface area contributed by atoms with Crippen molar-refractivity contribution in [2.75, 3.05) is 13.1 Å². The average Bonchev–Trinajstić information content (AvgIpc) is 3.07. The van der Waals surface area contributed by atoms with Crippen LogP contribution in [0, 0.1) is 0 Å². The second-order valence-electron chi connectivity index (χ2n) is 9.11. The van der Waals surface area contributed by atoms with Gasteiger partial charge in [-0.2, -0.15) is 0 Å². The lowest BCUT2D eigenvalue weighted by atomic mass is 10.1. The molecule has 1 saturated heterocycles. The van der Waals surface area contributed by atoms with Crippen LogP contribution in [0.5, 0.6) is 0 Å². The van der Waals surface area contributed by atoms with Gasteiger partial charge in [0, 0.05) is 19.4 Å². The van der Waals surface area contributed by atoms with Crippen molar-refractivity contribution in [2.45, 2.75) is 123 Å². The highest BCUT2D eigenvalue weighted by Crippen LogP contribution is 2.18. The SMILES string of the molecule is CCCCCCCCCCCCCC(=O)OC1CCN(C(=O)OC(C)(C)C)C1. The Bertz CT molecular complexity index is 444. The van der Waals surface area contributed by atoms with Gasteiger partial charge in [0.05, 0.1) is 6.54 Å². The quantitative estimate of drug-likeness (QED) is 0.273. The zero-order chi connectivity index (χ0) is 20.8. The van der Waals surface area contributed by atoms with E-state index in [1.165, 1.54) is 57.8 Å². The summed E-state index contributed by atoms with van der Waals surface area (Å²) in [5.74, 6) is -0.132. The highest BCUT2D eigenvalue weighted by atomic mass is 16.6. The molecule has 1 aliphatic heterocycles. The van der Waals surface area contributed by atoms with Gasteiger partial charge in [0.15, 0.2) is 0 Å². The number of esters is 1. The van der Waals surface area contributed by atoms with Crippen molar-refractivity contribution >= 4 is 12.1 Å². The average molecular weight is 398 g/mol. The van der Waals surface area contributed by atoms with Crippen LogP contribution in [0.25, 0.3) is 0 Å². The first kappa shape index (κ1) is 24.8. The number of carbonyl (C=O) groups excluding carboxylic acids is 2. The topological polar surface area (TPSA) is 55.8 Å². The Balaban J connectivity index is 1.99. The van der Waals surface area contributed by atoms with Gasteiger partial charge in [-0.15, -0.1) is 0 Å². The third-order valence-electron chi connectivity index (χ3n) is 5.08. The van der Waals surface area contributed by atoms with Crippen molar-refractivity contribution in [1.82, 2.24) is 4.90 Å². The second kappa shape index (κ2) is 13.8. The van der Waals surface area contributed by atoms with Crippen molar-refractivity contribution in [3.63, 3.8) is 0 Å². The third-order valence-corrected chi connectivity index (χ3v) is 5.08. The largest absolute Gasteiger partial charge is 0.460 e. The van der Waals surface area contributed by atoms with E-state index in [0.29, 0.717) is 25.9 Å². The molecular weight excluding hydrogens is 354 g/mol.